The van der Waals surface area contributed by atoms with Crippen molar-refractivity contribution in [1.82, 2.24) is 15.2 Å². The lowest BCUT2D eigenvalue weighted by atomic mass is 10.00. The Hall–Kier alpha value is -2.45. The van der Waals surface area contributed by atoms with Crippen molar-refractivity contribution in [3.05, 3.63) is 57.6 Å². The summed E-state index contributed by atoms with van der Waals surface area (Å²) in [4.78, 5) is 19.7. The van der Waals surface area contributed by atoms with Gasteiger partial charge in [-0.3, -0.25) is 9.69 Å². The van der Waals surface area contributed by atoms with Gasteiger partial charge in [0, 0.05) is 22.0 Å². The molecule has 0 aliphatic carbocycles. The van der Waals surface area contributed by atoms with E-state index in [1.807, 2.05) is 58.0 Å². The van der Waals surface area contributed by atoms with Crippen molar-refractivity contribution in [1.29, 1.82) is 0 Å². The van der Waals surface area contributed by atoms with Gasteiger partial charge in [0.25, 0.3) is 0 Å². The van der Waals surface area contributed by atoms with Crippen LogP contribution in [0.25, 0.3) is 11.3 Å². The van der Waals surface area contributed by atoms with Gasteiger partial charge in [0.1, 0.15) is 0 Å². The van der Waals surface area contributed by atoms with E-state index in [-0.39, 0.29) is 5.91 Å². The van der Waals surface area contributed by atoms with E-state index < -0.39 is 6.23 Å². The molecule has 4 rings (SSSR count). The average Bonchev–Trinajstić information content (AvgIpc) is 2.88. The number of anilines is 1. The smallest absolute Gasteiger partial charge is 0.247 e. The second-order valence-corrected chi connectivity index (χ2v) is 9.45. The van der Waals surface area contributed by atoms with E-state index in [2.05, 4.69) is 37.2 Å². The summed E-state index contributed by atoms with van der Waals surface area (Å²) in [7, 11) is 0. The zero-order valence-electron chi connectivity index (χ0n) is 17.8. The predicted molar refractivity (Wildman–Crippen MR) is 126 cm³/mol. The van der Waals surface area contributed by atoms with E-state index >= 15 is 0 Å². The molecule has 1 unspecified atom stereocenters. The minimum atomic E-state index is -0.668. The van der Waals surface area contributed by atoms with Gasteiger partial charge in [0.15, 0.2) is 5.69 Å². The zero-order chi connectivity index (χ0) is 22.1. The topological polar surface area (TPSA) is 68.2 Å². The number of rotatable bonds is 4. The normalized spacial score (nSPS) is 15.0. The van der Waals surface area contributed by atoms with Gasteiger partial charge in [-0.05, 0) is 43.4 Å². The Morgan fingerprint density at radius 3 is 2.58 bits per heavy atom. The molecule has 1 amide bonds. The number of nitrogens with zero attached hydrogens (tertiary/aromatic N) is 4. The van der Waals surface area contributed by atoms with Crippen LogP contribution in [0.1, 0.15) is 43.2 Å². The van der Waals surface area contributed by atoms with Crippen LogP contribution in [0.15, 0.2) is 46.0 Å². The van der Waals surface area contributed by atoms with Crippen LogP contribution < -0.4 is 9.64 Å². The maximum absolute atomic E-state index is 13.3. The second kappa shape index (κ2) is 8.96. The van der Waals surface area contributed by atoms with Crippen molar-refractivity contribution in [2.75, 3.05) is 10.7 Å². The molecule has 0 bridgehead atoms. The second-order valence-electron chi connectivity index (χ2n) is 7.30. The first-order valence-electron chi connectivity index (χ1n) is 10.2. The van der Waals surface area contributed by atoms with Crippen molar-refractivity contribution in [3.63, 3.8) is 0 Å². The van der Waals surface area contributed by atoms with Crippen LogP contribution in [0.2, 0.25) is 0 Å². The van der Waals surface area contributed by atoms with Crippen molar-refractivity contribution in [2.45, 2.75) is 45.5 Å². The van der Waals surface area contributed by atoms with Gasteiger partial charge in [0.05, 0.1) is 5.69 Å². The number of halogens is 1. The molecule has 1 atom stereocenters. The molecule has 31 heavy (non-hydrogen) atoms. The molecule has 160 valence electrons. The number of thioether (sulfide) groups is 1. The summed E-state index contributed by atoms with van der Waals surface area (Å²) in [6.07, 6.45) is -0.326. The molecule has 8 heteroatoms. The summed E-state index contributed by atoms with van der Waals surface area (Å²) in [5, 5.41) is 9.33. The number of carbonyl (C=O) groups excluding carboxylic acids is 1. The Bertz CT molecular complexity index is 1140. The summed E-state index contributed by atoms with van der Waals surface area (Å²) < 4.78 is 7.40. The van der Waals surface area contributed by atoms with Gasteiger partial charge in [-0.25, -0.2) is 0 Å². The van der Waals surface area contributed by atoms with Crippen molar-refractivity contribution in [2.24, 2.45) is 0 Å². The molecule has 0 fully saturated rings. The van der Waals surface area contributed by atoms with Crippen molar-refractivity contribution >= 4 is 39.3 Å². The number of hydrogen-bond acceptors (Lipinski definition) is 6. The highest BCUT2D eigenvalue weighted by molar-refractivity contribution is 9.10. The van der Waals surface area contributed by atoms with Gasteiger partial charge in [-0.1, -0.05) is 65.3 Å². The van der Waals surface area contributed by atoms with E-state index in [1.54, 1.807) is 4.90 Å². The van der Waals surface area contributed by atoms with Crippen LogP contribution in [0.3, 0.4) is 0 Å². The number of aryl methyl sites for hydroxylation is 2. The number of hydrogen-bond donors (Lipinski definition) is 0. The number of carbonyl (C=O) groups is 1. The fraction of sp³-hybridized carbons (Fsp3) is 0.304. The SMILES string of the molecule is CCSc1nnc2c(n1)OC(c1ccc(Br)cc1)N(C(=O)CC)c1c(C)cc(C)cc1-2. The standard InChI is InChI=1S/C23H23BrN4O2S/c1-5-18(29)28-20-14(4)11-13(3)12-17(20)19-21(25-23(27-26-19)31-6-2)30-22(28)15-7-9-16(24)10-8-15/h7-12,22H,5-6H2,1-4H3. The molecule has 3 aromatic rings. The monoisotopic (exact) mass is 498 g/mol. The van der Waals surface area contributed by atoms with Crippen molar-refractivity contribution < 1.29 is 9.53 Å². The van der Waals surface area contributed by atoms with Crippen LogP contribution in [0.5, 0.6) is 5.88 Å². The number of benzene rings is 2. The van der Waals surface area contributed by atoms with E-state index in [9.17, 15) is 4.79 Å². The Morgan fingerprint density at radius 2 is 1.90 bits per heavy atom. The Balaban J connectivity index is 2.01. The van der Waals surface area contributed by atoms with Crippen molar-refractivity contribution in [3.8, 4) is 17.1 Å². The first-order valence-corrected chi connectivity index (χ1v) is 11.9. The molecule has 1 aliphatic rings. The quantitative estimate of drug-likeness (QED) is 0.419. The Kier molecular flexibility index (Phi) is 6.29. The van der Waals surface area contributed by atoms with Crippen LogP contribution in [-0.4, -0.2) is 26.8 Å². The molecule has 1 aromatic heterocycles. The van der Waals surface area contributed by atoms with E-state index in [1.165, 1.54) is 11.8 Å². The minimum Gasteiger partial charge on any atom is -0.447 e. The lowest BCUT2D eigenvalue weighted by molar-refractivity contribution is -0.120. The maximum Gasteiger partial charge on any atom is 0.247 e. The highest BCUT2D eigenvalue weighted by Gasteiger charge is 2.36. The molecule has 0 radical (unpaired) electrons. The third-order valence-electron chi connectivity index (χ3n) is 5.03. The predicted octanol–water partition coefficient (Wildman–Crippen LogP) is 5.86. The molecule has 0 saturated heterocycles. The number of ether oxygens (including phenoxy) is 1. The lowest BCUT2D eigenvalue weighted by Crippen LogP contribution is -2.37. The first kappa shape index (κ1) is 21.8. The molecule has 0 saturated carbocycles. The molecule has 1 aliphatic heterocycles. The Morgan fingerprint density at radius 1 is 1.16 bits per heavy atom. The molecule has 0 spiro atoms. The fourth-order valence-electron chi connectivity index (χ4n) is 3.75. The molecule has 0 N–H and O–H groups in total. The van der Waals surface area contributed by atoms with E-state index in [4.69, 9.17) is 4.74 Å². The minimum absolute atomic E-state index is 0.0370. The molecular weight excluding hydrogens is 476 g/mol. The van der Waals surface area contributed by atoms with E-state index in [0.717, 1.165) is 38.2 Å². The number of amides is 1. The van der Waals surface area contributed by atoms with Gasteiger partial charge in [-0.15, -0.1) is 10.2 Å². The highest BCUT2D eigenvalue weighted by Crippen LogP contribution is 2.45. The van der Waals surface area contributed by atoms with Crippen LogP contribution in [0, 0.1) is 13.8 Å². The van der Waals surface area contributed by atoms with Gasteiger partial charge in [-0.2, -0.15) is 4.98 Å². The summed E-state index contributed by atoms with van der Waals surface area (Å²) in [5.74, 6) is 1.17. The molecule has 2 heterocycles. The first-order chi connectivity index (χ1) is 14.9. The van der Waals surface area contributed by atoms with Crippen LogP contribution in [-0.2, 0) is 4.79 Å². The van der Waals surface area contributed by atoms with E-state index in [0.29, 0.717) is 23.2 Å². The summed E-state index contributed by atoms with van der Waals surface area (Å²) in [5.41, 5.74) is 5.05. The summed E-state index contributed by atoms with van der Waals surface area (Å²) >= 11 is 4.99. The summed E-state index contributed by atoms with van der Waals surface area (Å²) in [6.45, 7) is 7.93. The van der Waals surface area contributed by atoms with Gasteiger partial charge in [0.2, 0.25) is 23.2 Å². The maximum atomic E-state index is 13.3. The molecule has 6 nitrogen and oxygen atoms in total. The fourth-order valence-corrected chi connectivity index (χ4v) is 4.51. The summed E-state index contributed by atoms with van der Waals surface area (Å²) in [6, 6.07) is 11.9. The lowest BCUT2D eigenvalue weighted by Gasteiger charge is -2.32. The number of aromatic nitrogens is 3. The molecule has 2 aromatic carbocycles. The average molecular weight is 499 g/mol. The third-order valence-corrected chi connectivity index (χ3v) is 6.28. The Labute approximate surface area is 194 Å². The van der Waals surface area contributed by atoms with Crippen LogP contribution >= 0.6 is 27.7 Å². The highest BCUT2D eigenvalue weighted by atomic mass is 79.9. The third kappa shape index (κ3) is 4.19. The van der Waals surface area contributed by atoms with Crippen LogP contribution in [0.4, 0.5) is 5.69 Å². The number of fused-ring (bicyclic) bond motifs is 3. The zero-order valence-corrected chi connectivity index (χ0v) is 20.2. The van der Waals surface area contributed by atoms with Gasteiger partial charge >= 0.3 is 0 Å². The largest absolute Gasteiger partial charge is 0.447 e. The van der Waals surface area contributed by atoms with Gasteiger partial charge < -0.3 is 4.74 Å². The molecular formula is C23H23BrN4O2S.